The van der Waals surface area contributed by atoms with Gasteiger partial charge in [-0.05, 0) is 31.9 Å². The smallest absolute Gasteiger partial charge is 0.253 e. The minimum atomic E-state index is -0.246. The summed E-state index contributed by atoms with van der Waals surface area (Å²) < 4.78 is 10.5. The van der Waals surface area contributed by atoms with Crippen molar-refractivity contribution in [2.75, 3.05) is 11.5 Å². The molecule has 0 N–H and O–H groups in total. The number of carbonyl (C=O) groups is 1. The van der Waals surface area contributed by atoms with Crippen LogP contribution < -0.4 is 4.90 Å². The number of rotatable bonds is 5. The van der Waals surface area contributed by atoms with Crippen LogP contribution in [0.25, 0.3) is 0 Å². The Morgan fingerprint density at radius 1 is 1.39 bits per heavy atom. The number of nitrogens with zero attached hydrogens (tertiary/aromatic N) is 3. The molecule has 23 heavy (non-hydrogen) atoms. The summed E-state index contributed by atoms with van der Waals surface area (Å²) in [5.74, 6) is 0.982. The van der Waals surface area contributed by atoms with Crippen LogP contribution in [0.4, 0.5) is 5.69 Å². The van der Waals surface area contributed by atoms with E-state index in [1.54, 1.807) is 0 Å². The number of carbonyl (C=O) groups excluding carboxylic acids is 1. The van der Waals surface area contributed by atoms with Crippen LogP contribution in [0.15, 0.2) is 28.8 Å². The Morgan fingerprint density at radius 2 is 2.17 bits per heavy atom. The normalized spacial score (nSPS) is 15.7. The van der Waals surface area contributed by atoms with Crippen molar-refractivity contribution >= 4 is 11.6 Å². The fourth-order valence-electron chi connectivity index (χ4n) is 3.00. The van der Waals surface area contributed by atoms with Crippen LogP contribution in [0.3, 0.4) is 0 Å². The molecule has 0 bridgehead atoms. The largest absolute Gasteiger partial charge is 0.362 e. The first-order chi connectivity index (χ1) is 11.0. The SMILES string of the molecule is CCc1noc(COCC(=O)N2c3ccccc3CC2(C)C)n1. The molecule has 0 spiro atoms. The molecule has 3 rings (SSSR count). The van der Waals surface area contributed by atoms with Gasteiger partial charge in [0, 0.05) is 17.6 Å². The van der Waals surface area contributed by atoms with Crippen LogP contribution in [0, 0.1) is 0 Å². The molecule has 1 aromatic carbocycles. The average Bonchev–Trinajstić information content (AvgIpc) is 3.07. The van der Waals surface area contributed by atoms with Gasteiger partial charge in [-0.3, -0.25) is 4.79 Å². The van der Waals surface area contributed by atoms with Crippen LogP contribution in [0.2, 0.25) is 0 Å². The van der Waals surface area contributed by atoms with Gasteiger partial charge in [-0.25, -0.2) is 0 Å². The van der Waals surface area contributed by atoms with E-state index < -0.39 is 0 Å². The maximum absolute atomic E-state index is 12.6. The maximum atomic E-state index is 12.6. The van der Waals surface area contributed by atoms with E-state index in [2.05, 4.69) is 30.1 Å². The van der Waals surface area contributed by atoms with E-state index in [1.807, 2.05) is 30.0 Å². The van der Waals surface area contributed by atoms with E-state index in [9.17, 15) is 4.79 Å². The lowest BCUT2D eigenvalue weighted by Crippen LogP contribution is -2.47. The van der Waals surface area contributed by atoms with E-state index >= 15 is 0 Å². The van der Waals surface area contributed by atoms with Crippen molar-refractivity contribution in [3.63, 3.8) is 0 Å². The molecular formula is C17H21N3O3. The van der Waals surface area contributed by atoms with Gasteiger partial charge in [0.05, 0.1) is 0 Å². The number of anilines is 1. The van der Waals surface area contributed by atoms with Crippen molar-refractivity contribution in [2.45, 2.75) is 45.8 Å². The molecule has 1 aromatic heterocycles. The number of ether oxygens (including phenoxy) is 1. The number of aryl methyl sites for hydroxylation is 1. The lowest BCUT2D eigenvalue weighted by molar-refractivity contribution is -0.124. The second kappa shape index (κ2) is 6.12. The zero-order valence-electron chi connectivity index (χ0n) is 13.7. The minimum absolute atomic E-state index is 0.0123. The topological polar surface area (TPSA) is 68.5 Å². The van der Waals surface area contributed by atoms with Crippen molar-refractivity contribution in [3.8, 4) is 0 Å². The lowest BCUT2D eigenvalue weighted by atomic mass is 9.99. The number of hydrogen-bond donors (Lipinski definition) is 0. The molecule has 0 aliphatic carbocycles. The molecular weight excluding hydrogens is 294 g/mol. The van der Waals surface area contributed by atoms with Gasteiger partial charge in [0.25, 0.3) is 11.8 Å². The summed E-state index contributed by atoms with van der Waals surface area (Å²) in [7, 11) is 0. The monoisotopic (exact) mass is 315 g/mol. The molecule has 2 aromatic rings. The number of aromatic nitrogens is 2. The van der Waals surface area contributed by atoms with Crippen LogP contribution in [-0.4, -0.2) is 28.2 Å². The van der Waals surface area contributed by atoms with Crippen molar-refractivity contribution in [1.29, 1.82) is 0 Å². The quantitative estimate of drug-likeness (QED) is 0.848. The number of benzene rings is 1. The highest BCUT2D eigenvalue weighted by Gasteiger charge is 2.39. The number of hydrogen-bond acceptors (Lipinski definition) is 5. The van der Waals surface area contributed by atoms with Crippen molar-refractivity contribution in [3.05, 3.63) is 41.5 Å². The third-order valence-electron chi connectivity index (χ3n) is 3.99. The maximum Gasteiger partial charge on any atom is 0.253 e. The number of para-hydroxylation sites is 1. The highest BCUT2D eigenvalue weighted by molar-refractivity contribution is 5.97. The Balaban J connectivity index is 1.63. The molecule has 1 aliphatic heterocycles. The summed E-state index contributed by atoms with van der Waals surface area (Å²) in [6, 6.07) is 8.00. The van der Waals surface area contributed by atoms with Crippen LogP contribution >= 0.6 is 0 Å². The highest BCUT2D eigenvalue weighted by Crippen LogP contribution is 2.38. The average molecular weight is 315 g/mol. The zero-order valence-corrected chi connectivity index (χ0v) is 13.7. The Bertz CT molecular complexity index is 709. The summed E-state index contributed by atoms with van der Waals surface area (Å²) in [6.45, 7) is 6.22. The third kappa shape index (κ3) is 3.12. The Morgan fingerprint density at radius 3 is 2.91 bits per heavy atom. The Hall–Kier alpha value is -2.21. The highest BCUT2D eigenvalue weighted by atomic mass is 16.5. The van der Waals surface area contributed by atoms with Gasteiger partial charge < -0.3 is 14.2 Å². The van der Waals surface area contributed by atoms with E-state index in [0.29, 0.717) is 18.1 Å². The van der Waals surface area contributed by atoms with E-state index in [-0.39, 0.29) is 24.7 Å². The zero-order chi connectivity index (χ0) is 16.4. The van der Waals surface area contributed by atoms with Crippen molar-refractivity contribution in [2.24, 2.45) is 0 Å². The first kappa shape index (κ1) is 15.7. The van der Waals surface area contributed by atoms with Gasteiger partial charge in [0.15, 0.2) is 5.82 Å². The molecule has 0 unspecified atom stereocenters. The molecule has 6 nitrogen and oxygen atoms in total. The molecule has 122 valence electrons. The number of fused-ring (bicyclic) bond motifs is 1. The van der Waals surface area contributed by atoms with Crippen LogP contribution in [0.1, 0.15) is 38.0 Å². The van der Waals surface area contributed by atoms with Gasteiger partial charge in [0.1, 0.15) is 13.2 Å². The summed E-state index contributed by atoms with van der Waals surface area (Å²) in [5.41, 5.74) is 1.91. The summed E-state index contributed by atoms with van der Waals surface area (Å²) in [4.78, 5) is 18.6. The molecule has 1 aliphatic rings. The summed E-state index contributed by atoms with van der Waals surface area (Å²) in [5, 5.41) is 3.80. The number of amides is 1. The van der Waals surface area contributed by atoms with Gasteiger partial charge in [-0.1, -0.05) is 30.3 Å². The lowest BCUT2D eigenvalue weighted by Gasteiger charge is -2.32. The Labute approximate surface area is 135 Å². The van der Waals surface area contributed by atoms with E-state index in [4.69, 9.17) is 9.26 Å². The van der Waals surface area contributed by atoms with E-state index in [1.165, 1.54) is 5.56 Å². The summed E-state index contributed by atoms with van der Waals surface area (Å²) >= 11 is 0. The van der Waals surface area contributed by atoms with Crippen LogP contribution in [-0.2, 0) is 29.0 Å². The fourth-order valence-corrected chi connectivity index (χ4v) is 3.00. The fraction of sp³-hybridized carbons (Fsp3) is 0.471. The molecule has 0 saturated heterocycles. The summed E-state index contributed by atoms with van der Waals surface area (Å²) in [6.07, 6.45) is 1.56. The first-order valence-corrected chi connectivity index (χ1v) is 7.81. The second-order valence-corrected chi connectivity index (χ2v) is 6.30. The first-order valence-electron chi connectivity index (χ1n) is 7.81. The molecule has 0 atom stereocenters. The standard InChI is InChI=1S/C17H21N3O3/c1-4-14-18-15(23-19-14)10-22-11-16(21)20-13-8-6-5-7-12(13)9-17(20,2)3/h5-8H,4,9-11H2,1-3H3. The predicted molar refractivity (Wildman–Crippen MR) is 85.0 cm³/mol. The van der Waals surface area contributed by atoms with Gasteiger partial charge in [-0.15, -0.1) is 0 Å². The van der Waals surface area contributed by atoms with Crippen molar-refractivity contribution in [1.82, 2.24) is 10.1 Å². The van der Waals surface area contributed by atoms with Gasteiger partial charge in [0.2, 0.25) is 0 Å². The Kier molecular flexibility index (Phi) is 4.17. The van der Waals surface area contributed by atoms with Gasteiger partial charge in [-0.2, -0.15) is 4.98 Å². The third-order valence-corrected chi connectivity index (χ3v) is 3.99. The second-order valence-electron chi connectivity index (χ2n) is 6.30. The van der Waals surface area contributed by atoms with Crippen LogP contribution in [0.5, 0.6) is 0 Å². The minimum Gasteiger partial charge on any atom is -0.362 e. The van der Waals surface area contributed by atoms with Gasteiger partial charge >= 0.3 is 0 Å². The molecule has 6 heteroatoms. The molecule has 1 amide bonds. The molecule has 0 saturated carbocycles. The molecule has 0 radical (unpaired) electrons. The predicted octanol–water partition coefficient (Wildman–Crippen LogP) is 2.52. The van der Waals surface area contributed by atoms with Crippen molar-refractivity contribution < 1.29 is 14.1 Å². The molecule has 2 heterocycles. The van der Waals surface area contributed by atoms with E-state index in [0.717, 1.165) is 12.1 Å². The molecule has 0 fully saturated rings.